The lowest BCUT2D eigenvalue weighted by Gasteiger charge is -2.17. The fourth-order valence-electron chi connectivity index (χ4n) is 1.52. The van der Waals surface area contributed by atoms with Crippen LogP contribution in [-0.4, -0.2) is 26.4 Å². The van der Waals surface area contributed by atoms with E-state index in [1.54, 1.807) is 13.2 Å². The van der Waals surface area contributed by atoms with Crippen molar-refractivity contribution in [1.82, 2.24) is 0 Å². The van der Waals surface area contributed by atoms with E-state index in [-0.39, 0.29) is 11.9 Å². The van der Waals surface area contributed by atoms with Crippen LogP contribution in [0.5, 0.6) is 5.75 Å². The van der Waals surface area contributed by atoms with Gasteiger partial charge in [0, 0.05) is 25.8 Å². The van der Waals surface area contributed by atoms with E-state index in [1.165, 1.54) is 12.1 Å². The molecule has 0 aromatic heterocycles. The van der Waals surface area contributed by atoms with E-state index in [1.807, 2.05) is 6.92 Å². The highest BCUT2D eigenvalue weighted by Gasteiger charge is 2.08. The molecule has 1 aromatic rings. The van der Waals surface area contributed by atoms with Crippen LogP contribution in [0.25, 0.3) is 0 Å². The van der Waals surface area contributed by atoms with Gasteiger partial charge in [-0.1, -0.05) is 0 Å². The Morgan fingerprint density at radius 1 is 1.41 bits per heavy atom. The zero-order valence-corrected chi connectivity index (χ0v) is 10.6. The number of anilines is 1. The van der Waals surface area contributed by atoms with Crippen molar-refractivity contribution in [3.05, 3.63) is 24.0 Å². The van der Waals surface area contributed by atoms with Crippen LogP contribution < -0.4 is 10.1 Å². The first-order valence-electron chi connectivity index (χ1n) is 5.85. The van der Waals surface area contributed by atoms with Crippen LogP contribution in [0.15, 0.2) is 18.2 Å². The second-order valence-electron chi connectivity index (χ2n) is 3.90. The lowest BCUT2D eigenvalue weighted by atomic mass is 10.2. The van der Waals surface area contributed by atoms with Crippen molar-refractivity contribution in [2.75, 3.05) is 25.6 Å². The molecule has 0 aliphatic rings. The average Bonchev–Trinajstić information content (AvgIpc) is 2.30. The molecule has 17 heavy (non-hydrogen) atoms. The number of halogens is 1. The lowest BCUT2D eigenvalue weighted by Crippen LogP contribution is -2.17. The standard InChI is InChI=1S/C13H20FNO2/c1-4-17-13-9-11(14)5-6-12(13)15-10(2)7-8-16-3/h5-6,9-10,15H,4,7-8H2,1-3H3. The van der Waals surface area contributed by atoms with Gasteiger partial charge in [-0.15, -0.1) is 0 Å². The molecule has 0 bridgehead atoms. The third kappa shape index (κ3) is 4.61. The summed E-state index contributed by atoms with van der Waals surface area (Å²) in [7, 11) is 1.68. The summed E-state index contributed by atoms with van der Waals surface area (Å²) in [6.07, 6.45) is 0.888. The summed E-state index contributed by atoms with van der Waals surface area (Å²) in [6, 6.07) is 4.77. The Hall–Kier alpha value is -1.29. The van der Waals surface area contributed by atoms with E-state index < -0.39 is 0 Å². The molecule has 0 saturated heterocycles. The molecule has 96 valence electrons. The Morgan fingerprint density at radius 2 is 2.18 bits per heavy atom. The molecule has 0 aliphatic heterocycles. The van der Waals surface area contributed by atoms with Gasteiger partial charge in [0.25, 0.3) is 0 Å². The van der Waals surface area contributed by atoms with E-state index in [2.05, 4.69) is 12.2 Å². The smallest absolute Gasteiger partial charge is 0.145 e. The Bertz CT molecular complexity index is 344. The molecular formula is C13H20FNO2. The summed E-state index contributed by atoms with van der Waals surface area (Å²) in [5.74, 6) is 0.264. The number of hydrogen-bond acceptors (Lipinski definition) is 3. The molecule has 0 amide bonds. The molecule has 1 N–H and O–H groups in total. The van der Waals surface area contributed by atoms with Gasteiger partial charge in [-0.25, -0.2) is 4.39 Å². The van der Waals surface area contributed by atoms with Gasteiger partial charge in [-0.3, -0.25) is 0 Å². The molecule has 0 spiro atoms. The van der Waals surface area contributed by atoms with Gasteiger partial charge in [-0.05, 0) is 32.4 Å². The molecule has 0 heterocycles. The van der Waals surface area contributed by atoms with Gasteiger partial charge >= 0.3 is 0 Å². The zero-order chi connectivity index (χ0) is 12.7. The van der Waals surface area contributed by atoms with Crippen LogP contribution in [0, 0.1) is 5.82 Å². The predicted molar refractivity (Wildman–Crippen MR) is 67.1 cm³/mol. The summed E-state index contributed by atoms with van der Waals surface area (Å²) >= 11 is 0. The van der Waals surface area contributed by atoms with Gasteiger partial charge in [0.2, 0.25) is 0 Å². The fourth-order valence-corrected chi connectivity index (χ4v) is 1.52. The SMILES string of the molecule is CCOc1cc(F)ccc1NC(C)CCOC. The van der Waals surface area contributed by atoms with Gasteiger partial charge in [0.05, 0.1) is 12.3 Å². The first-order valence-corrected chi connectivity index (χ1v) is 5.85. The summed E-state index contributed by atoms with van der Waals surface area (Å²) in [5, 5.41) is 3.29. The summed E-state index contributed by atoms with van der Waals surface area (Å²) in [6.45, 7) is 5.14. The molecule has 1 rings (SSSR count). The van der Waals surface area contributed by atoms with E-state index in [9.17, 15) is 4.39 Å². The van der Waals surface area contributed by atoms with Crippen LogP contribution in [0.3, 0.4) is 0 Å². The zero-order valence-electron chi connectivity index (χ0n) is 10.6. The molecule has 0 aliphatic carbocycles. The minimum Gasteiger partial charge on any atom is -0.492 e. The topological polar surface area (TPSA) is 30.5 Å². The highest BCUT2D eigenvalue weighted by Crippen LogP contribution is 2.26. The first kappa shape index (κ1) is 13.8. The highest BCUT2D eigenvalue weighted by atomic mass is 19.1. The average molecular weight is 241 g/mol. The van der Waals surface area contributed by atoms with Gasteiger partial charge in [-0.2, -0.15) is 0 Å². The second kappa shape index (κ2) is 7.12. The number of methoxy groups -OCH3 is 1. The summed E-state index contributed by atoms with van der Waals surface area (Å²) in [5.41, 5.74) is 0.817. The Morgan fingerprint density at radius 3 is 2.82 bits per heavy atom. The molecule has 1 unspecified atom stereocenters. The molecular weight excluding hydrogens is 221 g/mol. The van der Waals surface area contributed by atoms with Crippen molar-refractivity contribution in [3.63, 3.8) is 0 Å². The maximum absolute atomic E-state index is 13.1. The quantitative estimate of drug-likeness (QED) is 0.795. The van der Waals surface area contributed by atoms with Crippen LogP contribution in [0.2, 0.25) is 0 Å². The van der Waals surface area contributed by atoms with E-state index >= 15 is 0 Å². The fraction of sp³-hybridized carbons (Fsp3) is 0.538. The molecule has 1 aromatic carbocycles. The molecule has 0 saturated carbocycles. The molecule has 0 fully saturated rings. The summed E-state index contributed by atoms with van der Waals surface area (Å²) < 4.78 is 23.5. The van der Waals surface area contributed by atoms with Crippen molar-refractivity contribution < 1.29 is 13.9 Å². The Kier molecular flexibility index (Phi) is 5.77. The first-order chi connectivity index (χ1) is 8.17. The Labute approximate surface area is 102 Å². The number of hydrogen-bond donors (Lipinski definition) is 1. The second-order valence-corrected chi connectivity index (χ2v) is 3.90. The number of nitrogens with one attached hydrogen (secondary N) is 1. The maximum atomic E-state index is 13.1. The van der Waals surface area contributed by atoms with Crippen molar-refractivity contribution in [2.24, 2.45) is 0 Å². The monoisotopic (exact) mass is 241 g/mol. The minimum atomic E-state index is -0.288. The van der Waals surface area contributed by atoms with Crippen molar-refractivity contribution in [1.29, 1.82) is 0 Å². The third-order valence-corrected chi connectivity index (χ3v) is 2.40. The number of rotatable bonds is 7. The summed E-state index contributed by atoms with van der Waals surface area (Å²) in [4.78, 5) is 0. The molecule has 3 nitrogen and oxygen atoms in total. The molecule has 4 heteroatoms. The number of ether oxygens (including phenoxy) is 2. The number of benzene rings is 1. The Balaban J connectivity index is 2.68. The third-order valence-electron chi connectivity index (χ3n) is 2.40. The largest absolute Gasteiger partial charge is 0.492 e. The van der Waals surface area contributed by atoms with Crippen LogP contribution in [-0.2, 0) is 4.74 Å². The van der Waals surface area contributed by atoms with Crippen molar-refractivity contribution in [2.45, 2.75) is 26.3 Å². The van der Waals surface area contributed by atoms with E-state index in [0.29, 0.717) is 19.0 Å². The minimum absolute atomic E-state index is 0.250. The lowest BCUT2D eigenvalue weighted by molar-refractivity contribution is 0.191. The van der Waals surface area contributed by atoms with Crippen molar-refractivity contribution >= 4 is 5.69 Å². The predicted octanol–water partition coefficient (Wildman–Crippen LogP) is 3.06. The van der Waals surface area contributed by atoms with E-state index in [4.69, 9.17) is 9.47 Å². The van der Waals surface area contributed by atoms with Crippen LogP contribution >= 0.6 is 0 Å². The molecule has 1 atom stereocenters. The molecule has 0 radical (unpaired) electrons. The van der Waals surface area contributed by atoms with Crippen LogP contribution in [0.1, 0.15) is 20.3 Å². The van der Waals surface area contributed by atoms with Crippen molar-refractivity contribution in [3.8, 4) is 5.75 Å². The van der Waals surface area contributed by atoms with Gasteiger partial charge in [0.15, 0.2) is 0 Å². The van der Waals surface area contributed by atoms with E-state index in [0.717, 1.165) is 12.1 Å². The highest BCUT2D eigenvalue weighted by molar-refractivity contribution is 5.56. The van der Waals surface area contributed by atoms with Gasteiger partial charge in [0.1, 0.15) is 11.6 Å². The normalized spacial score (nSPS) is 12.2. The van der Waals surface area contributed by atoms with Crippen LogP contribution in [0.4, 0.5) is 10.1 Å². The van der Waals surface area contributed by atoms with Gasteiger partial charge < -0.3 is 14.8 Å². The maximum Gasteiger partial charge on any atom is 0.145 e.